The number of aliphatic hydroxyl groups is 1. The lowest BCUT2D eigenvalue weighted by Gasteiger charge is -2.41. The van der Waals surface area contributed by atoms with Crippen molar-refractivity contribution in [3.63, 3.8) is 0 Å². The number of likely N-dealkylation sites (N-methyl/N-ethyl adjacent to an activating group) is 1. The van der Waals surface area contributed by atoms with Crippen LogP contribution in [0.15, 0.2) is 0 Å². The minimum Gasteiger partial charge on any atom is -0.396 e. The Morgan fingerprint density at radius 1 is 1.08 bits per heavy atom. The average Bonchev–Trinajstić information content (AvgIpc) is 2.85. The van der Waals surface area contributed by atoms with E-state index in [1.807, 2.05) is 0 Å². The lowest BCUT2D eigenvalue weighted by molar-refractivity contribution is -0.142. The molecule has 3 saturated heterocycles. The van der Waals surface area contributed by atoms with Crippen molar-refractivity contribution in [2.45, 2.75) is 25.7 Å². The molecule has 0 aromatic carbocycles. The molecule has 3 aliphatic rings. The summed E-state index contributed by atoms with van der Waals surface area (Å²) in [6.45, 7) is 8.82. The van der Waals surface area contributed by atoms with Gasteiger partial charge in [-0.3, -0.25) is 4.79 Å². The van der Waals surface area contributed by atoms with E-state index >= 15 is 0 Å². The first kappa shape index (κ1) is 19.1. The zero-order chi connectivity index (χ0) is 17.6. The van der Waals surface area contributed by atoms with E-state index in [0.29, 0.717) is 25.0 Å². The van der Waals surface area contributed by atoms with Crippen molar-refractivity contribution in [3.05, 3.63) is 0 Å². The highest BCUT2D eigenvalue weighted by Crippen LogP contribution is 2.26. The standard InChI is InChI=1S/C19H35N3O3/c1-20-5-2-6-21(8-7-20)12-16-11-17(15-23)14-22(13-16)19(24)18-3-9-25-10-4-18/h16-18,23H,2-15H2,1H3/t16-,17-/m0/s1. The summed E-state index contributed by atoms with van der Waals surface area (Å²) in [5, 5.41) is 9.73. The second-order valence-corrected chi connectivity index (χ2v) is 8.24. The van der Waals surface area contributed by atoms with Gasteiger partial charge in [-0.1, -0.05) is 0 Å². The van der Waals surface area contributed by atoms with Crippen molar-refractivity contribution < 1.29 is 14.6 Å². The van der Waals surface area contributed by atoms with Crippen LogP contribution in [0.1, 0.15) is 25.7 Å². The normalized spacial score (nSPS) is 31.0. The van der Waals surface area contributed by atoms with Crippen LogP contribution in [0.4, 0.5) is 0 Å². The summed E-state index contributed by atoms with van der Waals surface area (Å²) < 4.78 is 5.40. The first-order valence-electron chi connectivity index (χ1n) is 10.0. The molecule has 3 rings (SSSR count). The van der Waals surface area contributed by atoms with Crippen LogP contribution in [0.5, 0.6) is 0 Å². The Morgan fingerprint density at radius 3 is 2.60 bits per heavy atom. The molecule has 0 aliphatic carbocycles. The van der Waals surface area contributed by atoms with E-state index in [1.165, 1.54) is 13.0 Å². The summed E-state index contributed by atoms with van der Waals surface area (Å²) in [5.41, 5.74) is 0. The number of rotatable bonds is 4. The molecule has 1 N–H and O–H groups in total. The monoisotopic (exact) mass is 353 g/mol. The van der Waals surface area contributed by atoms with Gasteiger partial charge >= 0.3 is 0 Å². The topological polar surface area (TPSA) is 56.2 Å². The number of nitrogens with zero attached hydrogens (tertiary/aromatic N) is 3. The lowest BCUT2D eigenvalue weighted by Crippen LogP contribution is -2.50. The van der Waals surface area contributed by atoms with Gasteiger partial charge in [0.1, 0.15) is 0 Å². The third-order valence-corrected chi connectivity index (χ3v) is 6.09. The molecule has 144 valence electrons. The van der Waals surface area contributed by atoms with Gasteiger partial charge in [0, 0.05) is 58.5 Å². The largest absolute Gasteiger partial charge is 0.396 e. The van der Waals surface area contributed by atoms with Gasteiger partial charge in [-0.2, -0.15) is 0 Å². The molecule has 25 heavy (non-hydrogen) atoms. The Kier molecular flexibility index (Phi) is 7.10. The fourth-order valence-electron chi connectivity index (χ4n) is 4.61. The number of ether oxygens (including phenoxy) is 1. The van der Waals surface area contributed by atoms with Gasteiger partial charge in [-0.05, 0) is 57.7 Å². The molecule has 3 fully saturated rings. The Labute approximate surface area is 152 Å². The molecule has 0 aromatic rings. The van der Waals surface area contributed by atoms with Crippen LogP contribution in [-0.4, -0.2) is 98.4 Å². The molecule has 3 heterocycles. The van der Waals surface area contributed by atoms with E-state index in [9.17, 15) is 9.90 Å². The number of hydrogen-bond donors (Lipinski definition) is 1. The Morgan fingerprint density at radius 2 is 1.84 bits per heavy atom. The van der Waals surface area contributed by atoms with Gasteiger partial charge in [-0.25, -0.2) is 0 Å². The highest BCUT2D eigenvalue weighted by atomic mass is 16.5. The Hall–Kier alpha value is -0.690. The fraction of sp³-hybridized carbons (Fsp3) is 0.947. The van der Waals surface area contributed by atoms with Crippen LogP contribution >= 0.6 is 0 Å². The van der Waals surface area contributed by atoms with Gasteiger partial charge in [0.15, 0.2) is 0 Å². The smallest absolute Gasteiger partial charge is 0.225 e. The van der Waals surface area contributed by atoms with Gasteiger partial charge in [0.2, 0.25) is 5.91 Å². The zero-order valence-electron chi connectivity index (χ0n) is 15.7. The molecule has 6 nitrogen and oxygen atoms in total. The van der Waals surface area contributed by atoms with Crippen LogP contribution in [-0.2, 0) is 9.53 Å². The van der Waals surface area contributed by atoms with E-state index in [2.05, 4.69) is 21.7 Å². The van der Waals surface area contributed by atoms with Crippen molar-refractivity contribution in [1.82, 2.24) is 14.7 Å². The van der Waals surface area contributed by atoms with Crippen LogP contribution in [0.2, 0.25) is 0 Å². The number of amides is 1. The summed E-state index contributed by atoms with van der Waals surface area (Å²) in [6, 6.07) is 0. The molecule has 2 atom stereocenters. The molecule has 0 radical (unpaired) electrons. The summed E-state index contributed by atoms with van der Waals surface area (Å²) in [6.07, 6.45) is 3.96. The number of carbonyl (C=O) groups excluding carboxylic acids is 1. The van der Waals surface area contributed by atoms with Gasteiger partial charge in [0.05, 0.1) is 0 Å². The van der Waals surface area contributed by atoms with E-state index in [0.717, 1.165) is 58.5 Å². The number of likely N-dealkylation sites (tertiary alicyclic amines) is 1. The van der Waals surface area contributed by atoms with Gasteiger partial charge < -0.3 is 24.5 Å². The minimum atomic E-state index is 0.124. The predicted molar refractivity (Wildman–Crippen MR) is 97.4 cm³/mol. The van der Waals surface area contributed by atoms with Crippen molar-refractivity contribution in [2.75, 3.05) is 72.7 Å². The minimum absolute atomic E-state index is 0.124. The fourth-order valence-corrected chi connectivity index (χ4v) is 4.61. The number of carbonyl (C=O) groups is 1. The summed E-state index contributed by atoms with van der Waals surface area (Å²) in [7, 11) is 2.19. The second-order valence-electron chi connectivity index (χ2n) is 8.24. The van der Waals surface area contributed by atoms with E-state index in [1.54, 1.807) is 0 Å². The molecular weight excluding hydrogens is 318 g/mol. The van der Waals surface area contributed by atoms with Crippen LogP contribution in [0, 0.1) is 17.8 Å². The molecule has 0 unspecified atom stereocenters. The molecule has 0 saturated carbocycles. The number of aliphatic hydroxyl groups excluding tert-OH is 1. The third-order valence-electron chi connectivity index (χ3n) is 6.09. The quantitative estimate of drug-likeness (QED) is 0.798. The van der Waals surface area contributed by atoms with Crippen LogP contribution in [0.3, 0.4) is 0 Å². The predicted octanol–water partition coefficient (Wildman–Crippen LogP) is 0.508. The van der Waals surface area contributed by atoms with E-state index < -0.39 is 0 Å². The molecule has 0 bridgehead atoms. The van der Waals surface area contributed by atoms with Crippen molar-refractivity contribution >= 4 is 5.91 Å². The molecular formula is C19H35N3O3. The molecule has 1 amide bonds. The average molecular weight is 354 g/mol. The summed E-state index contributed by atoms with van der Waals surface area (Å²) >= 11 is 0. The van der Waals surface area contributed by atoms with E-state index in [4.69, 9.17) is 4.74 Å². The van der Waals surface area contributed by atoms with Gasteiger partial charge in [0.25, 0.3) is 0 Å². The summed E-state index contributed by atoms with van der Waals surface area (Å²) in [4.78, 5) is 19.9. The zero-order valence-corrected chi connectivity index (χ0v) is 15.7. The molecule has 0 spiro atoms. The number of piperidine rings is 1. The highest BCUT2D eigenvalue weighted by Gasteiger charge is 2.34. The van der Waals surface area contributed by atoms with Crippen molar-refractivity contribution in [3.8, 4) is 0 Å². The van der Waals surface area contributed by atoms with Crippen molar-refractivity contribution in [2.24, 2.45) is 17.8 Å². The lowest BCUT2D eigenvalue weighted by atomic mass is 9.87. The maximum Gasteiger partial charge on any atom is 0.225 e. The Bertz CT molecular complexity index is 428. The Balaban J connectivity index is 1.56. The first-order valence-corrected chi connectivity index (χ1v) is 10.0. The third kappa shape index (κ3) is 5.39. The van der Waals surface area contributed by atoms with Crippen LogP contribution in [0.25, 0.3) is 0 Å². The molecule has 3 aliphatic heterocycles. The van der Waals surface area contributed by atoms with Crippen LogP contribution < -0.4 is 0 Å². The van der Waals surface area contributed by atoms with Crippen molar-refractivity contribution in [1.29, 1.82) is 0 Å². The molecule has 0 aromatic heterocycles. The maximum absolute atomic E-state index is 12.9. The van der Waals surface area contributed by atoms with E-state index in [-0.39, 0.29) is 18.4 Å². The second kappa shape index (κ2) is 9.31. The SMILES string of the molecule is CN1CCCN(C[C@@H]2C[C@H](CO)CN(C(=O)C3CCOCC3)C2)CC1. The summed E-state index contributed by atoms with van der Waals surface area (Å²) in [5.74, 6) is 1.14. The number of hydrogen-bond acceptors (Lipinski definition) is 5. The first-order chi connectivity index (χ1) is 12.2. The molecule has 6 heteroatoms. The highest BCUT2D eigenvalue weighted by molar-refractivity contribution is 5.79. The maximum atomic E-state index is 12.9. The van der Waals surface area contributed by atoms with Gasteiger partial charge in [-0.15, -0.1) is 0 Å².